The molecule has 0 saturated heterocycles. The standard InChI is InChI=1S/C22H15Cl2FN2O4/c23-16-6-9-20(19(24)11-16)30-13-21(28)27-26-12-14-4-7-18(8-5-14)31-22(29)15-2-1-3-17(25)10-15/h1-12H,13H2,(H,27,28)/b26-12+. The molecule has 1 N–H and O–H groups in total. The topological polar surface area (TPSA) is 77.0 Å². The molecule has 0 radical (unpaired) electrons. The fraction of sp³-hybridized carbons (Fsp3) is 0.0455. The average Bonchev–Trinajstić information content (AvgIpc) is 2.74. The number of esters is 1. The van der Waals surface area contributed by atoms with Gasteiger partial charge in [-0.2, -0.15) is 5.10 Å². The van der Waals surface area contributed by atoms with Crippen LogP contribution >= 0.6 is 23.2 Å². The average molecular weight is 461 g/mol. The van der Waals surface area contributed by atoms with Crippen LogP contribution in [0.1, 0.15) is 15.9 Å². The molecule has 3 aromatic rings. The number of halogens is 3. The third-order valence-electron chi connectivity index (χ3n) is 3.81. The molecule has 0 spiro atoms. The van der Waals surface area contributed by atoms with E-state index in [0.29, 0.717) is 21.4 Å². The van der Waals surface area contributed by atoms with Gasteiger partial charge >= 0.3 is 5.97 Å². The zero-order valence-electron chi connectivity index (χ0n) is 15.8. The number of carbonyl (C=O) groups excluding carboxylic acids is 2. The Kier molecular flexibility index (Phi) is 7.59. The summed E-state index contributed by atoms with van der Waals surface area (Å²) in [6.45, 7) is -0.284. The number of hydrogen-bond donors (Lipinski definition) is 1. The minimum absolute atomic E-state index is 0.107. The second kappa shape index (κ2) is 10.6. The number of carbonyl (C=O) groups is 2. The number of benzene rings is 3. The van der Waals surface area contributed by atoms with Crippen LogP contribution in [0.4, 0.5) is 4.39 Å². The fourth-order valence-electron chi connectivity index (χ4n) is 2.35. The molecule has 3 aromatic carbocycles. The Morgan fingerprint density at radius 2 is 1.81 bits per heavy atom. The van der Waals surface area contributed by atoms with Crippen LogP contribution in [0.3, 0.4) is 0 Å². The van der Waals surface area contributed by atoms with Crippen molar-refractivity contribution in [1.29, 1.82) is 0 Å². The highest BCUT2D eigenvalue weighted by atomic mass is 35.5. The van der Waals surface area contributed by atoms with Gasteiger partial charge in [-0.15, -0.1) is 0 Å². The molecule has 158 valence electrons. The third kappa shape index (κ3) is 6.80. The molecule has 0 unspecified atom stereocenters. The number of hydrazone groups is 1. The first-order valence-electron chi connectivity index (χ1n) is 8.88. The minimum Gasteiger partial charge on any atom is -0.482 e. The van der Waals surface area contributed by atoms with Gasteiger partial charge in [0.15, 0.2) is 6.61 Å². The van der Waals surface area contributed by atoms with Gasteiger partial charge in [0.1, 0.15) is 17.3 Å². The number of rotatable bonds is 7. The lowest BCUT2D eigenvalue weighted by Gasteiger charge is -2.07. The van der Waals surface area contributed by atoms with Gasteiger partial charge < -0.3 is 9.47 Å². The van der Waals surface area contributed by atoms with Crippen LogP contribution in [0.25, 0.3) is 0 Å². The van der Waals surface area contributed by atoms with Gasteiger partial charge in [-0.25, -0.2) is 14.6 Å². The SMILES string of the molecule is O=C(COc1ccc(Cl)cc1Cl)N/N=C/c1ccc(OC(=O)c2cccc(F)c2)cc1. The Morgan fingerprint density at radius 3 is 2.52 bits per heavy atom. The maximum absolute atomic E-state index is 13.2. The molecule has 0 aliphatic carbocycles. The molecule has 0 aliphatic rings. The highest BCUT2D eigenvalue weighted by Crippen LogP contribution is 2.27. The molecule has 1 amide bonds. The van der Waals surface area contributed by atoms with Crippen LogP contribution in [-0.4, -0.2) is 24.7 Å². The van der Waals surface area contributed by atoms with E-state index in [-0.39, 0.29) is 17.9 Å². The van der Waals surface area contributed by atoms with E-state index in [0.717, 1.165) is 6.07 Å². The summed E-state index contributed by atoms with van der Waals surface area (Å²) in [5, 5.41) is 4.58. The lowest BCUT2D eigenvalue weighted by molar-refractivity contribution is -0.123. The summed E-state index contributed by atoms with van der Waals surface area (Å²) in [7, 11) is 0. The van der Waals surface area contributed by atoms with Crippen LogP contribution in [0.2, 0.25) is 10.0 Å². The Bertz CT molecular complexity index is 1120. The van der Waals surface area contributed by atoms with Crippen molar-refractivity contribution in [3.63, 3.8) is 0 Å². The van der Waals surface area contributed by atoms with Crippen LogP contribution < -0.4 is 14.9 Å². The summed E-state index contributed by atoms with van der Waals surface area (Å²) in [6.07, 6.45) is 1.41. The van der Waals surface area contributed by atoms with Gasteiger partial charge in [0, 0.05) is 5.02 Å². The van der Waals surface area contributed by atoms with E-state index in [1.807, 2.05) is 0 Å². The van der Waals surface area contributed by atoms with Crippen molar-refractivity contribution in [3.05, 3.63) is 93.7 Å². The van der Waals surface area contributed by atoms with Crippen molar-refractivity contribution in [3.8, 4) is 11.5 Å². The molecule has 0 atom stereocenters. The highest BCUT2D eigenvalue weighted by molar-refractivity contribution is 6.35. The van der Waals surface area contributed by atoms with E-state index < -0.39 is 17.7 Å². The smallest absolute Gasteiger partial charge is 0.343 e. The van der Waals surface area contributed by atoms with Crippen LogP contribution in [0, 0.1) is 5.82 Å². The first-order valence-corrected chi connectivity index (χ1v) is 9.64. The third-order valence-corrected chi connectivity index (χ3v) is 4.34. The molecule has 0 heterocycles. The Hall–Kier alpha value is -3.42. The van der Waals surface area contributed by atoms with E-state index >= 15 is 0 Å². The van der Waals surface area contributed by atoms with Crippen molar-refractivity contribution < 1.29 is 23.5 Å². The van der Waals surface area contributed by atoms with E-state index in [1.165, 1.54) is 30.5 Å². The first-order chi connectivity index (χ1) is 14.9. The molecule has 0 bridgehead atoms. The van der Waals surface area contributed by atoms with Crippen LogP contribution in [0.15, 0.2) is 71.8 Å². The molecular weight excluding hydrogens is 446 g/mol. The minimum atomic E-state index is -0.672. The summed E-state index contributed by atoms with van der Waals surface area (Å²) in [6, 6.07) is 16.2. The molecule has 6 nitrogen and oxygen atoms in total. The Morgan fingerprint density at radius 1 is 1.03 bits per heavy atom. The summed E-state index contributed by atoms with van der Waals surface area (Å²) < 4.78 is 23.7. The predicted molar refractivity (Wildman–Crippen MR) is 115 cm³/mol. The zero-order valence-corrected chi connectivity index (χ0v) is 17.4. The molecule has 0 saturated carbocycles. The Balaban J connectivity index is 1.47. The normalized spacial score (nSPS) is 10.7. The maximum atomic E-state index is 13.2. The second-order valence-corrected chi connectivity index (χ2v) is 6.97. The van der Waals surface area contributed by atoms with Gasteiger partial charge in [0.05, 0.1) is 16.8 Å². The fourth-order valence-corrected chi connectivity index (χ4v) is 2.81. The van der Waals surface area contributed by atoms with Crippen molar-refractivity contribution in [2.45, 2.75) is 0 Å². The van der Waals surface area contributed by atoms with E-state index in [2.05, 4.69) is 10.5 Å². The summed E-state index contributed by atoms with van der Waals surface area (Å²) in [5.74, 6) is -1.07. The monoisotopic (exact) mass is 460 g/mol. The van der Waals surface area contributed by atoms with Gasteiger partial charge in [-0.1, -0.05) is 29.3 Å². The van der Waals surface area contributed by atoms with Crippen molar-refractivity contribution in [2.75, 3.05) is 6.61 Å². The van der Waals surface area contributed by atoms with Gasteiger partial charge in [0.25, 0.3) is 5.91 Å². The van der Waals surface area contributed by atoms with Crippen LogP contribution in [0.5, 0.6) is 11.5 Å². The number of nitrogens with one attached hydrogen (secondary N) is 1. The molecular formula is C22H15Cl2FN2O4. The molecule has 31 heavy (non-hydrogen) atoms. The number of amides is 1. The van der Waals surface area contributed by atoms with Gasteiger partial charge in [0.2, 0.25) is 0 Å². The molecule has 3 rings (SSSR count). The molecule has 9 heteroatoms. The highest BCUT2D eigenvalue weighted by Gasteiger charge is 2.09. The molecule has 0 fully saturated rings. The summed E-state index contributed by atoms with van der Waals surface area (Å²) >= 11 is 11.8. The zero-order chi connectivity index (χ0) is 22.2. The maximum Gasteiger partial charge on any atom is 0.343 e. The second-order valence-electron chi connectivity index (χ2n) is 6.13. The van der Waals surface area contributed by atoms with Crippen molar-refractivity contribution >= 4 is 41.3 Å². The van der Waals surface area contributed by atoms with Crippen molar-refractivity contribution in [2.24, 2.45) is 5.10 Å². The molecule has 0 aliphatic heterocycles. The van der Waals surface area contributed by atoms with E-state index in [4.69, 9.17) is 32.7 Å². The lowest BCUT2D eigenvalue weighted by Crippen LogP contribution is -2.24. The van der Waals surface area contributed by atoms with E-state index in [1.54, 1.807) is 36.4 Å². The number of ether oxygens (including phenoxy) is 2. The predicted octanol–water partition coefficient (Wildman–Crippen LogP) is 4.88. The number of nitrogens with zero attached hydrogens (tertiary/aromatic N) is 1. The van der Waals surface area contributed by atoms with Gasteiger partial charge in [-0.05, 0) is 66.2 Å². The molecule has 0 aromatic heterocycles. The largest absolute Gasteiger partial charge is 0.482 e. The quantitative estimate of drug-likeness (QED) is 0.236. The van der Waals surface area contributed by atoms with Crippen molar-refractivity contribution in [1.82, 2.24) is 5.43 Å². The lowest BCUT2D eigenvalue weighted by atomic mass is 10.2. The Labute approximate surface area is 187 Å². The van der Waals surface area contributed by atoms with Crippen LogP contribution in [-0.2, 0) is 4.79 Å². The summed E-state index contributed by atoms with van der Waals surface area (Å²) in [5.41, 5.74) is 3.07. The van der Waals surface area contributed by atoms with Gasteiger partial charge in [-0.3, -0.25) is 4.79 Å². The number of hydrogen-bond acceptors (Lipinski definition) is 5. The summed E-state index contributed by atoms with van der Waals surface area (Å²) in [4.78, 5) is 23.8. The van der Waals surface area contributed by atoms with E-state index in [9.17, 15) is 14.0 Å². The first kappa shape index (κ1) is 22.3.